The Labute approximate surface area is 303 Å². The molecule has 1 aliphatic carbocycles. The molecule has 0 unspecified atom stereocenters. The van der Waals surface area contributed by atoms with Crippen molar-refractivity contribution in [1.82, 2.24) is 5.32 Å². The van der Waals surface area contributed by atoms with Crippen molar-refractivity contribution in [3.05, 3.63) is 66.3 Å². The Kier molecular flexibility index (Phi) is 15.8. The number of esters is 1. The molecule has 1 saturated carbocycles. The van der Waals surface area contributed by atoms with Crippen molar-refractivity contribution in [1.29, 1.82) is 0 Å². The van der Waals surface area contributed by atoms with E-state index >= 15 is 0 Å². The lowest BCUT2D eigenvalue weighted by molar-refractivity contribution is -0.147. The van der Waals surface area contributed by atoms with Gasteiger partial charge in [-0.1, -0.05) is 43.4 Å². The summed E-state index contributed by atoms with van der Waals surface area (Å²) in [6.45, 7) is 7.03. The number of sulfonamides is 1. The predicted octanol–water partition coefficient (Wildman–Crippen LogP) is 5.30. The molecule has 0 saturated heterocycles. The van der Waals surface area contributed by atoms with Crippen LogP contribution in [0, 0.1) is 11.8 Å². The van der Waals surface area contributed by atoms with E-state index in [9.17, 15) is 40.6 Å². The van der Waals surface area contributed by atoms with Gasteiger partial charge in [-0.2, -0.15) is 8.78 Å². The average Bonchev–Trinajstić information content (AvgIpc) is 3.62. The number of carbonyl (C=O) groups is 1. The summed E-state index contributed by atoms with van der Waals surface area (Å²) in [5.41, 5.74) is 0.522. The lowest BCUT2D eigenvalue weighted by atomic mass is 9.89. The Morgan fingerprint density at radius 2 is 1.84 bits per heavy atom. The first kappa shape index (κ1) is 42.7. The van der Waals surface area contributed by atoms with Gasteiger partial charge in [0.25, 0.3) is 5.92 Å². The third-order valence-electron chi connectivity index (χ3n) is 8.51. The summed E-state index contributed by atoms with van der Waals surface area (Å²) >= 11 is 0.742. The summed E-state index contributed by atoms with van der Waals surface area (Å²) < 4.78 is 86.0. The Balaban J connectivity index is 0.000000313. The van der Waals surface area contributed by atoms with E-state index < -0.39 is 55.8 Å². The first-order valence-electron chi connectivity index (χ1n) is 16.9. The van der Waals surface area contributed by atoms with E-state index in [1.807, 2.05) is 19.1 Å². The summed E-state index contributed by atoms with van der Waals surface area (Å²) in [5.74, 6) is -4.00. The van der Waals surface area contributed by atoms with Crippen molar-refractivity contribution in [3.63, 3.8) is 0 Å². The second-order valence-electron chi connectivity index (χ2n) is 13.0. The zero-order valence-corrected chi connectivity index (χ0v) is 31.7. The molecule has 11 nitrogen and oxygen atoms in total. The number of para-hydroxylation sites is 1. The number of aliphatic hydroxyl groups excluding tert-OH is 2. The number of unbranched alkanes of at least 4 members (excludes halogenated alkanes) is 1. The first-order valence-corrected chi connectivity index (χ1v) is 20.9. The fraction of sp³-hybridized carbons (Fsp3) is 0.571. The van der Waals surface area contributed by atoms with Crippen LogP contribution in [-0.4, -0.2) is 75.7 Å². The van der Waals surface area contributed by atoms with E-state index in [1.165, 1.54) is 12.1 Å². The molecule has 0 radical (unpaired) electrons. The van der Waals surface area contributed by atoms with Gasteiger partial charge in [0.15, 0.2) is 16.4 Å². The van der Waals surface area contributed by atoms with Gasteiger partial charge < -0.3 is 25.0 Å². The number of fused-ring (bicyclic) bond motifs is 1. The van der Waals surface area contributed by atoms with Gasteiger partial charge in [-0.3, -0.25) is 4.79 Å². The summed E-state index contributed by atoms with van der Waals surface area (Å²) in [6.07, 6.45) is 6.77. The molecular weight excluding hydrogens is 727 g/mol. The van der Waals surface area contributed by atoms with Crippen LogP contribution in [0.1, 0.15) is 77.8 Å². The molecule has 16 heteroatoms. The Bertz CT molecular complexity index is 1700. The Morgan fingerprint density at radius 1 is 1.16 bits per heavy atom. The van der Waals surface area contributed by atoms with Crippen LogP contribution in [0.25, 0.3) is 0 Å². The van der Waals surface area contributed by atoms with E-state index in [-0.39, 0.29) is 38.9 Å². The van der Waals surface area contributed by atoms with Gasteiger partial charge in [-0.15, -0.1) is 11.3 Å². The number of halogens is 2. The SMILES string of the molecule is CC(C)OC(=O)CCC/C=C\C[C@@H]1[C@@H](/C=C/C(F)(F)COc2ccccc2)[C@H](O)C[C@@H]1O.CCN[C@H]1C[C@H](C)S(=O)(=O)c2sc(S(N)(=O)=O)cc21. The predicted molar refractivity (Wildman–Crippen MR) is 192 cm³/mol. The van der Waals surface area contributed by atoms with E-state index in [0.29, 0.717) is 50.0 Å². The zero-order chi connectivity index (χ0) is 38.0. The van der Waals surface area contributed by atoms with E-state index in [0.717, 1.165) is 17.4 Å². The molecule has 1 aromatic heterocycles. The molecule has 0 spiro atoms. The molecule has 0 amide bonds. The summed E-state index contributed by atoms with van der Waals surface area (Å²) in [7, 11) is -7.33. The summed E-state index contributed by atoms with van der Waals surface area (Å²) in [6, 6.07) is 9.62. The third-order valence-corrected chi connectivity index (χ3v) is 13.8. The number of thiophene rings is 1. The van der Waals surface area contributed by atoms with Crippen molar-refractivity contribution in [3.8, 4) is 5.75 Å². The summed E-state index contributed by atoms with van der Waals surface area (Å²) in [4.78, 5) is 11.5. The Morgan fingerprint density at radius 3 is 2.47 bits per heavy atom. The molecule has 2 aromatic rings. The lowest BCUT2D eigenvalue weighted by Gasteiger charge is -2.27. The smallest absolute Gasteiger partial charge is 0.306 e. The van der Waals surface area contributed by atoms with E-state index in [4.69, 9.17) is 14.6 Å². The Hall–Kier alpha value is -2.73. The fourth-order valence-corrected chi connectivity index (χ4v) is 10.4. The number of hydrogen-bond acceptors (Lipinski definition) is 11. The quantitative estimate of drug-likeness (QED) is 0.105. The number of nitrogens with two attached hydrogens (primary N) is 1. The van der Waals surface area contributed by atoms with Gasteiger partial charge in [-0.05, 0) is 83.2 Å². The number of sulfone groups is 1. The van der Waals surface area contributed by atoms with Gasteiger partial charge >= 0.3 is 5.97 Å². The van der Waals surface area contributed by atoms with Crippen molar-refractivity contribution >= 4 is 37.2 Å². The maximum Gasteiger partial charge on any atom is 0.306 e. The number of hydrogen-bond donors (Lipinski definition) is 4. The number of allylic oxidation sites excluding steroid dienone is 2. The zero-order valence-electron chi connectivity index (χ0n) is 29.3. The minimum absolute atomic E-state index is 0.0990. The largest absolute Gasteiger partial charge is 0.487 e. The molecule has 51 heavy (non-hydrogen) atoms. The minimum atomic E-state index is -3.88. The molecule has 0 bridgehead atoms. The molecular formula is C35H50F2N2O9S3. The highest BCUT2D eigenvalue weighted by molar-refractivity contribution is 7.95. The van der Waals surface area contributed by atoms with Crippen molar-refractivity contribution in [2.45, 2.75) is 110 Å². The van der Waals surface area contributed by atoms with Crippen LogP contribution in [0.5, 0.6) is 5.75 Å². The number of nitrogens with one attached hydrogen (secondary N) is 1. The number of rotatable bonds is 15. The molecule has 286 valence electrons. The number of aliphatic hydroxyl groups is 2. The first-order chi connectivity index (χ1) is 23.9. The molecule has 1 aromatic carbocycles. The summed E-state index contributed by atoms with van der Waals surface area (Å²) in [5, 5.41) is 28.2. The van der Waals surface area contributed by atoms with Crippen molar-refractivity contribution < 1.29 is 50.1 Å². The topological polar surface area (TPSA) is 182 Å². The number of primary sulfonamides is 1. The fourth-order valence-electron chi connectivity index (χ4n) is 5.94. The monoisotopic (exact) mass is 776 g/mol. The maximum atomic E-state index is 14.2. The molecule has 1 fully saturated rings. The average molecular weight is 777 g/mol. The molecule has 4 rings (SSSR count). The van der Waals surface area contributed by atoms with Gasteiger partial charge in [0.05, 0.1) is 23.6 Å². The van der Waals surface area contributed by atoms with Crippen LogP contribution in [-0.2, 0) is 29.4 Å². The lowest BCUT2D eigenvalue weighted by Crippen LogP contribution is -2.33. The normalized spacial score (nSPS) is 24.7. The van der Waals surface area contributed by atoms with Crippen LogP contribution in [0.3, 0.4) is 0 Å². The molecule has 2 heterocycles. The molecule has 2 aliphatic rings. The van der Waals surface area contributed by atoms with Gasteiger partial charge in [0, 0.05) is 30.4 Å². The van der Waals surface area contributed by atoms with Gasteiger partial charge in [0.2, 0.25) is 10.0 Å². The van der Waals surface area contributed by atoms with Crippen LogP contribution < -0.4 is 15.2 Å². The molecule has 6 atom stereocenters. The number of carbonyl (C=O) groups excluding carboxylic acids is 1. The standard InChI is InChI=1S/C25H34F2O5.C10H16N2O4S3/c1-18(2)32-24(30)13-9-4-3-8-12-20-21(23(29)16-22(20)28)14-15-25(26,27)17-31-19-10-6-5-7-11-19;1-3-12-8-4-6(2)18(13,14)10-7(8)5-9(17-10)19(11,15)16/h3,5-8,10-11,14-15,18,20-23,28-29H,4,9,12-13,16-17H2,1-2H3;5-6,8,12H,3-4H2,1-2H3,(H2,11,15,16)/b8-3-,15-14+;/t20-,21-,22+,23-;6-,8-/m10/s1. The highest BCUT2D eigenvalue weighted by Crippen LogP contribution is 2.42. The highest BCUT2D eigenvalue weighted by Gasteiger charge is 2.41. The second kappa shape index (κ2) is 18.9. The number of alkyl halides is 2. The maximum absolute atomic E-state index is 14.2. The second-order valence-corrected chi connectivity index (χ2v) is 18.4. The van der Waals surface area contributed by atoms with Crippen LogP contribution in [0.15, 0.2) is 69.1 Å². The number of benzene rings is 1. The van der Waals surface area contributed by atoms with Gasteiger partial charge in [-0.25, -0.2) is 22.0 Å². The number of ether oxygens (including phenoxy) is 2. The third kappa shape index (κ3) is 12.7. The highest BCUT2D eigenvalue weighted by atomic mass is 32.3. The minimum Gasteiger partial charge on any atom is -0.487 e. The van der Waals surface area contributed by atoms with Crippen molar-refractivity contribution in [2.24, 2.45) is 17.0 Å². The molecule has 1 aliphatic heterocycles. The van der Waals surface area contributed by atoms with Crippen LogP contribution >= 0.6 is 11.3 Å². The van der Waals surface area contributed by atoms with Crippen molar-refractivity contribution in [2.75, 3.05) is 13.2 Å². The van der Waals surface area contributed by atoms with E-state index in [2.05, 4.69) is 5.32 Å². The van der Waals surface area contributed by atoms with Gasteiger partial charge in [0.1, 0.15) is 14.2 Å². The van der Waals surface area contributed by atoms with Crippen LogP contribution in [0.4, 0.5) is 8.78 Å². The van der Waals surface area contributed by atoms with Crippen LogP contribution in [0.2, 0.25) is 0 Å². The molecule has 5 N–H and O–H groups in total. The van der Waals surface area contributed by atoms with E-state index in [1.54, 1.807) is 51.1 Å².